The van der Waals surface area contributed by atoms with Crippen molar-refractivity contribution in [2.45, 2.75) is 335 Å². The highest BCUT2D eigenvalue weighted by atomic mass is 16.6. The Morgan fingerprint density at radius 3 is 0.772 bits per heavy atom. The van der Waals surface area contributed by atoms with E-state index in [1.807, 2.05) is 0 Å². The molecule has 0 heterocycles. The molecular weight excluding hydrogens is 973 g/mol. The lowest BCUT2D eigenvalue weighted by molar-refractivity contribution is -0.167. The Morgan fingerprint density at radius 2 is 0.494 bits per heavy atom. The van der Waals surface area contributed by atoms with E-state index in [1.54, 1.807) is 0 Å². The van der Waals surface area contributed by atoms with Crippen molar-refractivity contribution in [3.05, 3.63) is 97.2 Å². The van der Waals surface area contributed by atoms with Crippen LogP contribution in [0.4, 0.5) is 0 Å². The summed E-state index contributed by atoms with van der Waals surface area (Å²) in [6.45, 7) is 6.40. The number of rotatable bonds is 61. The zero-order chi connectivity index (χ0) is 57.1. The summed E-state index contributed by atoms with van der Waals surface area (Å²) >= 11 is 0. The summed E-state index contributed by atoms with van der Waals surface area (Å²) in [6, 6.07) is 0. The molecule has 0 saturated carbocycles. The Morgan fingerprint density at radius 1 is 0.266 bits per heavy atom. The van der Waals surface area contributed by atoms with E-state index in [1.165, 1.54) is 180 Å². The van der Waals surface area contributed by atoms with Crippen molar-refractivity contribution >= 4 is 17.9 Å². The Balaban J connectivity index is 4.06. The first-order valence-electron chi connectivity index (χ1n) is 33.7. The average Bonchev–Trinajstić information content (AvgIpc) is 3.45. The van der Waals surface area contributed by atoms with E-state index < -0.39 is 6.10 Å². The van der Waals surface area contributed by atoms with Crippen LogP contribution >= 0.6 is 0 Å². The van der Waals surface area contributed by atoms with Gasteiger partial charge in [-0.05, 0) is 96.3 Å². The van der Waals surface area contributed by atoms with Crippen LogP contribution in [0.5, 0.6) is 0 Å². The third-order valence-corrected chi connectivity index (χ3v) is 14.6. The van der Waals surface area contributed by atoms with Gasteiger partial charge in [-0.2, -0.15) is 0 Å². The smallest absolute Gasteiger partial charge is 0.306 e. The first-order chi connectivity index (χ1) is 39.0. The minimum Gasteiger partial charge on any atom is -0.462 e. The summed E-state index contributed by atoms with van der Waals surface area (Å²) in [5.41, 5.74) is 0. The molecule has 0 amide bonds. The van der Waals surface area contributed by atoms with Crippen LogP contribution < -0.4 is 0 Å². The van der Waals surface area contributed by atoms with Crippen LogP contribution in [0.25, 0.3) is 0 Å². The van der Waals surface area contributed by atoms with Crippen molar-refractivity contribution in [1.82, 2.24) is 0 Å². The molecule has 0 saturated heterocycles. The molecule has 0 fully saturated rings. The van der Waals surface area contributed by atoms with Gasteiger partial charge in [-0.25, -0.2) is 0 Å². The molecule has 6 nitrogen and oxygen atoms in total. The predicted octanol–water partition coefficient (Wildman–Crippen LogP) is 23.2. The average molecular weight is 1100 g/mol. The molecule has 0 aliphatic carbocycles. The van der Waals surface area contributed by atoms with Crippen LogP contribution in [-0.2, 0) is 28.6 Å². The number of hydrogen-bond donors (Lipinski definition) is 0. The van der Waals surface area contributed by atoms with Crippen LogP contribution in [-0.4, -0.2) is 37.2 Å². The lowest BCUT2D eigenvalue weighted by Crippen LogP contribution is -2.30. The third-order valence-electron chi connectivity index (χ3n) is 14.6. The quantitative estimate of drug-likeness (QED) is 0.0261. The van der Waals surface area contributed by atoms with Crippen LogP contribution in [0.1, 0.15) is 329 Å². The Kier molecular flexibility index (Phi) is 63.7. The predicted molar refractivity (Wildman–Crippen MR) is 344 cm³/mol. The van der Waals surface area contributed by atoms with E-state index in [9.17, 15) is 14.4 Å². The molecule has 1 atom stereocenters. The molecule has 0 aromatic rings. The normalized spacial score (nSPS) is 12.7. The Hall–Kier alpha value is -3.67. The Bertz CT molecular complexity index is 1540. The maximum atomic E-state index is 12.9. The van der Waals surface area contributed by atoms with Crippen molar-refractivity contribution in [2.75, 3.05) is 13.2 Å². The fourth-order valence-electron chi connectivity index (χ4n) is 9.60. The minimum absolute atomic E-state index is 0.0751. The van der Waals surface area contributed by atoms with Crippen molar-refractivity contribution < 1.29 is 28.6 Å². The van der Waals surface area contributed by atoms with Gasteiger partial charge in [-0.15, -0.1) is 0 Å². The molecule has 0 aromatic heterocycles. The molecule has 0 aliphatic rings. The number of esters is 3. The molecule has 0 aliphatic heterocycles. The standard InChI is InChI=1S/C73H126O6/c1-4-7-10-13-16-18-20-22-24-26-28-30-32-33-34-35-36-37-38-39-41-42-44-46-48-50-52-54-57-60-63-66-72(75)78-69-70(68-77-71(74)65-62-59-56-15-12-9-6-3)79-73(76)67-64-61-58-55-53-51-49-47-45-43-40-31-29-27-25-23-21-19-17-14-11-8-5-2/h7-8,10-11,16-19,22-25,28-31,70H,4-6,9,12-15,20-21,26-27,32-69H2,1-3H3/b10-7-,11-8-,18-16-,19-17-,24-22-,25-23-,30-28-,31-29-. The number of hydrogen-bond acceptors (Lipinski definition) is 6. The zero-order valence-corrected chi connectivity index (χ0v) is 52.1. The van der Waals surface area contributed by atoms with E-state index in [4.69, 9.17) is 14.2 Å². The molecule has 0 bridgehead atoms. The molecular formula is C73H126O6. The van der Waals surface area contributed by atoms with Crippen LogP contribution in [0.2, 0.25) is 0 Å². The van der Waals surface area contributed by atoms with Gasteiger partial charge in [0.15, 0.2) is 6.10 Å². The second-order valence-electron chi connectivity index (χ2n) is 22.3. The number of unbranched alkanes of at least 4 members (excludes halogenated alkanes) is 34. The van der Waals surface area contributed by atoms with Gasteiger partial charge in [-0.1, -0.05) is 311 Å². The van der Waals surface area contributed by atoms with Gasteiger partial charge in [0.1, 0.15) is 13.2 Å². The van der Waals surface area contributed by atoms with E-state index in [2.05, 4.69) is 118 Å². The van der Waals surface area contributed by atoms with Gasteiger partial charge >= 0.3 is 17.9 Å². The largest absolute Gasteiger partial charge is 0.462 e. The molecule has 454 valence electrons. The summed E-state index contributed by atoms with van der Waals surface area (Å²) in [6.07, 6.45) is 90.3. The van der Waals surface area contributed by atoms with E-state index in [0.29, 0.717) is 19.3 Å². The second kappa shape index (κ2) is 66.8. The molecule has 0 aromatic carbocycles. The highest BCUT2D eigenvalue weighted by Gasteiger charge is 2.19. The zero-order valence-electron chi connectivity index (χ0n) is 52.1. The van der Waals surface area contributed by atoms with Crippen molar-refractivity contribution in [2.24, 2.45) is 0 Å². The number of carbonyl (C=O) groups excluding carboxylic acids is 3. The Labute approximate surface area is 489 Å². The van der Waals surface area contributed by atoms with Crippen LogP contribution in [0.3, 0.4) is 0 Å². The number of allylic oxidation sites excluding steroid dienone is 16. The van der Waals surface area contributed by atoms with Gasteiger partial charge in [-0.3, -0.25) is 14.4 Å². The summed E-state index contributed by atoms with van der Waals surface area (Å²) in [5, 5.41) is 0. The molecule has 0 N–H and O–H groups in total. The van der Waals surface area contributed by atoms with E-state index >= 15 is 0 Å². The summed E-state index contributed by atoms with van der Waals surface area (Å²) in [7, 11) is 0. The number of ether oxygens (including phenoxy) is 3. The summed E-state index contributed by atoms with van der Waals surface area (Å²) in [5.74, 6) is -0.872. The van der Waals surface area contributed by atoms with Crippen LogP contribution in [0.15, 0.2) is 97.2 Å². The van der Waals surface area contributed by atoms with Crippen LogP contribution in [0, 0.1) is 0 Å². The molecule has 0 spiro atoms. The molecule has 6 heteroatoms. The minimum atomic E-state index is -0.776. The highest BCUT2D eigenvalue weighted by molar-refractivity contribution is 5.71. The topological polar surface area (TPSA) is 78.9 Å². The first kappa shape index (κ1) is 75.3. The highest BCUT2D eigenvalue weighted by Crippen LogP contribution is 2.17. The molecule has 79 heavy (non-hydrogen) atoms. The van der Waals surface area contributed by atoms with Gasteiger partial charge in [0, 0.05) is 19.3 Å². The van der Waals surface area contributed by atoms with E-state index in [-0.39, 0.29) is 31.1 Å². The van der Waals surface area contributed by atoms with Gasteiger partial charge in [0.05, 0.1) is 0 Å². The van der Waals surface area contributed by atoms with Gasteiger partial charge in [0.25, 0.3) is 0 Å². The maximum Gasteiger partial charge on any atom is 0.306 e. The van der Waals surface area contributed by atoms with Crippen molar-refractivity contribution in [3.63, 3.8) is 0 Å². The molecule has 0 rings (SSSR count). The fraction of sp³-hybridized carbons (Fsp3) is 0.740. The fourth-order valence-corrected chi connectivity index (χ4v) is 9.60. The summed E-state index contributed by atoms with van der Waals surface area (Å²) < 4.78 is 16.9. The number of carbonyl (C=O) groups is 3. The van der Waals surface area contributed by atoms with Gasteiger partial charge in [0.2, 0.25) is 0 Å². The first-order valence-corrected chi connectivity index (χ1v) is 33.7. The maximum absolute atomic E-state index is 12.9. The van der Waals surface area contributed by atoms with Crippen molar-refractivity contribution in [1.29, 1.82) is 0 Å². The second-order valence-corrected chi connectivity index (χ2v) is 22.3. The lowest BCUT2D eigenvalue weighted by Gasteiger charge is -2.18. The van der Waals surface area contributed by atoms with Gasteiger partial charge < -0.3 is 14.2 Å². The summed E-state index contributed by atoms with van der Waals surface area (Å²) in [4.78, 5) is 38.1. The lowest BCUT2D eigenvalue weighted by atomic mass is 10.0. The van der Waals surface area contributed by atoms with E-state index in [0.717, 1.165) is 109 Å². The monoisotopic (exact) mass is 1100 g/mol. The molecule has 0 radical (unpaired) electrons. The van der Waals surface area contributed by atoms with Crippen molar-refractivity contribution in [3.8, 4) is 0 Å². The third kappa shape index (κ3) is 65.0. The molecule has 1 unspecified atom stereocenters. The SMILES string of the molecule is CC/C=C\C/C=C\C/C=C\C/C=C\CCCCCCCCCCCCCCCCCCCCC(=O)OCC(COC(=O)CCCCCCCCC)OC(=O)CCCCCCCCCCCC/C=C\C/C=C\C/C=C\C/C=C\CC.